The van der Waals surface area contributed by atoms with Crippen LogP contribution < -0.4 is 5.73 Å². The van der Waals surface area contributed by atoms with Crippen LogP contribution in [0.3, 0.4) is 0 Å². The van der Waals surface area contributed by atoms with E-state index in [2.05, 4.69) is 11.8 Å². The second-order valence-electron chi connectivity index (χ2n) is 5.38. The molecule has 0 radical (unpaired) electrons. The number of nitrogens with one attached hydrogen (secondary N) is 1. The highest BCUT2D eigenvalue weighted by Crippen LogP contribution is 2.31. The third kappa shape index (κ3) is 2.88. The molecule has 4 heteroatoms. The van der Waals surface area contributed by atoms with Gasteiger partial charge in [-0.1, -0.05) is 19.1 Å². The van der Waals surface area contributed by atoms with E-state index in [9.17, 15) is 4.39 Å². The monoisotopic (exact) mass is 249 g/mol. The van der Waals surface area contributed by atoms with Crippen molar-refractivity contribution in [3.63, 3.8) is 0 Å². The van der Waals surface area contributed by atoms with E-state index in [1.54, 1.807) is 0 Å². The zero-order chi connectivity index (χ0) is 13.2. The zero-order valence-corrected chi connectivity index (χ0v) is 10.7. The van der Waals surface area contributed by atoms with Crippen LogP contribution in [0.5, 0.6) is 0 Å². The fourth-order valence-corrected chi connectivity index (χ4v) is 2.32. The van der Waals surface area contributed by atoms with Crippen LogP contribution >= 0.6 is 0 Å². The number of hydrogen-bond donors (Lipinski definition) is 2. The van der Waals surface area contributed by atoms with Gasteiger partial charge in [-0.05, 0) is 43.6 Å². The van der Waals surface area contributed by atoms with Crippen LogP contribution in [0.1, 0.15) is 25.3 Å². The molecule has 1 aliphatic rings. The lowest BCUT2D eigenvalue weighted by atomic mass is 9.79. The summed E-state index contributed by atoms with van der Waals surface area (Å²) < 4.78 is 12.8. The Kier molecular flexibility index (Phi) is 3.66. The van der Waals surface area contributed by atoms with E-state index < -0.39 is 0 Å². The number of benzene rings is 1. The van der Waals surface area contributed by atoms with E-state index in [0.29, 0.717) is 5.84 Å². The first-order chi connectivity index (χ1) is 8.49. The highest BCUT2D eigenvalue weighted by molar-refractivity contribution is 5.83. The molecule has 1 fully saturated rings. The van der Waals surface area contributed by atoms with Crippen LogP contribution in [0.2, 0.25) is 0 Å². The summed E-state index contributed by atoms with van der Waals surface area (Å²) in [5.74, 6) is 0.102. The highest BCUT2D eigenvalue weighted by atomic mass is 19.1. The molecule has 0 aliphatic carbocycles. The molecule has 1 aromatic carbocycles. The molecule has 0 atom stereocenters. The summed E-state index contributed by atoms with van der Waals surface area (Å²) in [5, 5.41) is 7.61. The molecular formula is C14H20FN3. The van der Waals surface area contributed by atoms with E-state index in [1.807, 2.05) is 12.1 Å². The number of likely N-dealkylation sites (tertiary alicyclic amines) is 1. The van der Waals surface area contributed by atoms with Crippen LogP contribution in [0.4, 0.5) is 4.39 Å². The average Bonchev–Trinajstić information content (AvgIpc) is 2.35. The summed E-state index contributed by atoms with van der Waals surface area (Å²) in [5.41, 5.74) is 6.63. The Bertz CT molecular complexity index is 419. The molecule has 1 aromatic rings. The van der Waals surface area contributed by atoms with Gasteiger partial charge in [-0.2, -0.15) is 0 Å². The summed E-state index contributed by atoms with van der Waals surface area (Å²) in [6, 6.07) is 6.65. The molecule has 2 rings (SSSR count). The molecule has 0 aromatic heterocycles. The Morgan fingerprint density at radius 1 is 1.33 bits per heavy atom. The SMILES string of the molecule is CC1(C(=N)N)CCN(Cc2ccc(F)cc2)CC1. The molecule has 3 N–H and O–H groups in total. The minimum Gasteiger partial charge on any atom is -0.387 e. The van der Waals surface area contributed by atoms with Crippen molar-refractivity contribution >= 4 is 5.84 Å². The van der Waals surface area contributed by atoms with E-state index in [-0.39, 0.29) is 11.2 Å². The van der Waals surface area contributed by atoms with Crippen molar-refractivity contribution in [2.24, 2.45) is 11.1 Å². The van der Waals surface area contributed by atoms with Gasteiger partial charge in [-0.15, -0.1) is 0 Å². The van der Waals surface area contributed by atoms with Gasteiger partial charge in [0, 0.05) is 12.0 Å². The lowest BCUT2D eigenvalue weighted by Crippen LogP contribution is -2.44. The summed E-state index contributed by atoms with van der Waals surface area (Å²) in [6.45, 7) is 4.78. The van der Waals surface area contributed by atoms with Gasteiger partial charge in [0.15, 0.2) is 0 Å². The number of nitrogens with two attached hydrogens (primary N) is 1. The molecule has 0 spiro atoms. The molecule has 0 bridgehead atoms. The summed E-state index contributed by atoms with van der Waals surface area (Å²) in [6.07, 6.45) is 1.84. The number of amidine groups is 1. The predicted molar refractivity (Wildman–Crippen MR) is 70.9 cm³/mol. The van der Waals surface area contributed by atoms with E-state index in [0.717, 1.165) is 38.0 Å². The lowest BCUT2D eigenvalue weighted by Gasteiger charge is -2.38. The van der Waals surface area contributed by atoms with Crippen molar-refractivity contribution < 1.29 is 4.39 Å². The van der Waals surface area contributed by atoms with E-state index in [4.69, 9.17) is 11.1 Å². The smallest absolute Gasteiger partial charge is 0.123 e. The normalized spacial score (nSPS) is 19.7. The quantitative estimate of drug-likeness (QED) is 0.638. The molecule has 0 amide bonds. The maximum Gasteiger partial charge on any atom is 0.123 e. The van der Waals surface area contributed by atoms with Crippen LogP contribution in [-0.4, -0.2) is 23.8 Å². The standard InChI is InChI=1S/C14H20FN3/c1-14(13(16)17)6-8-18(9-7-14)10-11-2-4-12(15)5-3-11/h2-5H,6-10H2,1H3,(H3,16,17). The first-order valence-corrected chi connectivity index (χ1v) is 6.31. The molecule has 1 aliphatic heterocycles. The lowest BCUT2D eigenvalue weighted by molar-refractivity contribution is 0.156. The zero-order valence-electron chi connectivity index (χ0n) is 10.7. The molecular weight excluding hydrogens is 229 g/mol. The molecule has 18 heavy (non-hydrogen) atoms. The van der Waals surface area contributed by atoms with Gasteiger partial charge in [0.2, 0.25) is 0 Å². The first kappa shape index (κ1) is 13.0. The van der Waals surface area contributed by atoms with Crippen molar-refractivity contribution in [2.45, 2.75) is 26.3 Å². The second-order valence-corrected chi connectivity index (χ2v) is 5.38. The second kappa shape index (κ2) is 5.06. The summed E-state index contributed by atoms with van der Waals surface area (Å²) in [4.78, 5) is 2.33. The Labute approximate surface area is 107 Å². The molecule has 0 unspecified atom stereocenters. The number of rotatable bonds is 3. The van der Waals surface area contributed by atoms with E-state index in [1.165, 1.54) is 12.1 Å². The largest absolute Gasteiger partial charge is 0.387 e. The topological polar surface area (TPSA) is 53.1 Å². The molecule has 1 saturated heterocycles. The van der Waals surface area contributed by atoms with Crippen LogP contribution in [-0.2, 0) is 6.54 Å². The fraction of sp³-hybridized carbons (Fsp3) is 0.500. The third-order valence-electron chi connectivity index (χ3n) is 3.93. The van der Waals surface area contributed by atoms with Crippen LogP contribution in [0.15, 0.2) is 24.3 Å². The Morgan fingerprint density at radius 3 is 2.39 bits per heavy atom. The average molecular weight is 249 g/mol. The minimum atomic E-state index is -0.193. The minimum absolute atomic E-state index is 0.140. The van der Waals surface area contributed by atoms with Gasteiger partial charge in [0.25, 0.3) is 0 Å². The summed E-state index contributed by atoms with van der Waals surface area (Å²) >= 11 is 0. The van der Waals surface area contributed by atoms with Crippen molar-refractivity contribution in [3.05, 3.63) is 35.6 Å². The van der Waals surface area contributed by atoms with Gasteiger partial charge >= 0.3 is 0 Å². The predicted octanol–water partition coefficient (Wildman–Crippen LogP) is 2.36. The maximum absolute atomic E-state index is 12.8. The van der Waals surface area contributed by atoms with Gasteiger partial charge in [0.05, 0.1) is 5.84 Å². The summed E-state index contributed by atoms with van der Waals surface area (Å²) in [7, 11) is 0. The Balaban J connectivity index is 1.91. The van der Waals surface area contributed by atoms with Crippen LogP contribution in [0.25, 0.3) is 0 Å². The molecule has 1 heterocycles. The van der Waals surface area contributed by atoms with Gasteiger partial charge in [-0.3, -0.25) is 10.3 Å². The van der Waals surface area contributed by atoms with Gasteiger partial charge in [-0.25, -0.2) is 4.39 Å². The van der Waals surface area contributed by atoms with Crippen LogP contribution in [0, 0.1) is 16.6 Å². The van der Waals surface area contributed by atoms with Crippen molar-refractivity contribution in [2.75, 3.05) is 13.1 Å². The number of piperidine rings is 1. The number of nitrogens with zero attached hydrogens (tertiary/aromatic N) is 1. The maximum atomic E-state index is 12.8. The van der Waals surface area contributed by atoms with Crippen molar-refractivity contribution in [1.82, 2.24) is 4.90 Å². The number of halogens is 1. The Hall–Kier alpha value is -1.42. The van der Waals surface area contributed by atoms with E-state index >= 15 is 0 Å². The molecule has 0 saturated carbocycles. The van der Waals surface area contributed by atoms with Gasteiger partial charge < -0.3 is 5.73 Å². The number of hydrogen-bond acceptors (Lipinski definition) is 2. The van der Waals surface area contributed by atoms with Crippen molar-refractivity contribution in [3.8, 4) is 0 Å². The highest BCUT2D eigenvalue weighted by Gasteiger charge is 2.32. The fourth-order valence-electron chi connectivity index (χ4n) is 2.32. The Morgan fingerprint density at radius 2 is 1.89 bits per heavy atom. The van der Waals surface area contributed by atoms with Gasteiger partial charge in [0.1, 0.15) is 5.82 Å². The molecule has 3 nitrogen and oxygen atoms in total. The molecule has 98 valence electrons. The first-order valence-electron chi connectivity index (χ1n) is 6.31. The third-order valence-corrected chi connectivity index (χ3v) is 3.93. The van der Waals surface area contributed by atoms with Crippen molar-refractivity contribution in [1.29, 1.82) is 5.41 Å².